The first-order chi connectivity index (χ1) is 7.15. The lowest BCUT2D eigenvalue weighted by Gasteiger charge is -2.05. The summed E-state index contributed by atoms with van der Waals surface area (Å²) in [5, 5.41) is 11.1. The van der Waals surface area contributed by atoms with Crippen molar-refractivity contribution in [3.05, 3.63) is 29.6 Å². The number of amides is 1. The van der Waals surface area contributed by atoms with Crippen LogP contribution in [0.5, 0.6) is 0 Å². The molecule has 15 heavy (non-hydrogen) atoms. The zero-order valence-corrected chi connectivity index (χ0v) is 8.16. The van der Waals surface area contributed by atoms with Crippen molar-refractivity contribution < 1.29 is 14.3 Å². The molecular weight excluding hydrogens is 199 g/mol. The van der Waals surface area contributed by atoms with Crippen LogP contribution in [0.4, 0.5) is 10.1 Å². The highest BCUT2D eigenvalue weighted by molar-refractivity contribution is 5.94. The van der Waals surface area contributed by atoms with Gasteiger partial charge in [-0.25, -0.2) is 4.39 Å². The van der Waals surface area contributed by atoms with Gasteiger partial charge in [0.05, 0.1) is 5.69 Å². The summed E-state index contributed by atoms with van der Waals surface area (Å²) in [7, 11) is 0. The van der Waals surface area contributed by atoms with E-state index in [0.29, 0.717) is 18.5 Å². The summed E-state index contributed by atoms with van der Waals surface area (Å²) < 4.78 is 12.8. The van der Waals surface area contributed by atoms with Crippen LogP contribution in [0.15, 0.2) is 18.2 Å². The number of hydrogen-bond acceptors (Lipinski definition) is 3. The second-order valence-corrected chi connectivity index (χ2v) is 3.07. The molecule has 0 aliphatic carbocycles. The first kappa shape index (κ1) is 11.5. The minimum atomic E-state index is -0.540. The topological polar surface area (TPSA) is 75.4 Å². The molecule has 1 amide bonds. The van der Waals surface area contributed by atoms with E-state index in [0.717, 1.165) is 6.07 Å². The van der Waals surface area contributed by atoms with E-state index in [1.54, 1.807) is 0 Å². The fraction of sp³-hybridized carbons (Fsp3) is 0.300. The SMILES string of the molecule is Nc1cc(C(=O)NCCCO)ccc1F. The van der Waals surface area contributed by atoms with Crippen molar-refractivity contribution in [2.75, 3.05) is 18.9 Å². The van der Waals surface area contributed by atoms with Crippen molar-refractivity contribution in [2.45, 2.75) is 6.42 Å². The van der Waals surface area contributed by atoms with E-state index in [4.69, 9.17) is 10.8 Å². The van der Waals surface area contributed by atoms with E-state index >= 15 is 0 Å². The third-order valence-electron chi connectivity index (χ3n) is 1.88. The maximum atomic E-state index is 12.8. The highest BCUT2D eigenvalue weighted by Gasteiger charge is 2.06. The monoisotopic (exact) mass is 212 g/mol. The summed E-state index contributed by atoms with van der Waals surface area (Å²) in [6.45, 7) is 0.401. The van der Waals surface area contributed by atoms with Gasteiger partial charge in [0.1, 0.15) is 5.82 Å². The van der Waals surface area contributed by atoms with Crippen molar-refractivity contribution in [3.63, 3.8) is 0 Å². The first-order valence-corrected chi connectivity index (χ1v) is 4.59. The number of hydrogen-bond donors (Lipinski definition) is 3. The Labute approximate surface area is 86.9 Å². The summed E-state index contributed by atoms with van der Waals surface area (Å²) in [4.78, 5) is 11.4. The molecule has 4 nitrogen and oxygen atoms in total. The smallest absolute Gasteiger partial charge is 0.251 e. The summed E-state index contributed by atoms with van der Waals surface area (Å²) in [6.07, 6.45) is 0.489. The molecule has 0 heterocycles. The second-order valence-electron chi connectivity index (χ2n) is 3.07. The van der Waals surface area contributed by atoms with Gasteiger partial charge >= 0.3 is 0 Å². The van der Waals surface area contributed by atoms with Crippen LogP contribution < -0.4 is 11.1 Å². The molecule has 4 N–H and O–H groups in total. The number of nitrogens with two attached hydrogens (primary N) is 1. The van der Waals surface area contributed by atoms with Crippen LogP contribution in [-0.2, 0) is 0 Å². The third-order valence-corrected chi connectivity index (χ3v) is 1.88. The molecular formula is C10H13FN2O2. The molecule has 0 saturated carbocycles. The second kappa shape index (κ2) is 5.31. The molecule has 1 aromatic rings. The van der Waals surface area contributed by atoms with Crippen LogP contribution in [0.1, 0.15) is 16.8 Å². The molecule has 0 saturated heterocycles. The maximum Gasteiger partial charge on any atom is 0.251 e. The Bertz CT molecular complexity index is 355. The largest absolute Gasteiger partial charge is 0.396 e. The zero-order chi connectivity index (χ0) is 11.3. The van der Waals surface area contributed by atoms with Gasteiger partial charge in [-0.3, -0.25) is 4.79 Å². The molecule has 0 spiro atoms. The predicted molar refractivity (Wildman–Crippen MR) is 54.8 cm³/mol. The Hall–Kier alpha value is -1.62. The van der Waals surface area contributed by atoms with E-state index < -0.39 is 5.82 Å². The molecule has 1 rings (SSSR count). The van der Waals surface area contributed by atoms with Gasteiger partial charge in [0.2, 0.25) is 0 Å². The number of nitrogens with one attached hydrogen (secondary N) is 1. The van der Waals surface area contributed by atoms with E-state index in [9.17, 15) is 9.18 Å². The number of benzene rings is 1. The molecule has 1 aromatic carbocycles. The Morgan fingerprint density at radius 2 is 2.27 bits per heavy atom. The lowest BCUT2D eigenvalue weighted by Crippen LogP contribution is -2.25. The number of carbonyl (C=O) groups is 1. The first-order valence-electron chi connectivity index (χ1n) is 4.59. The lowest BCUT2D eigenvalue weighted by atomic mass is 10.2. The average molecular weight is 212 g/mol. The number of rotatable bonds is 4. The van der Waals surface area contributed by atoms with Crippen molar-refractivity contribution in [1.82, 2.24) is 5.32 Å². The summed E-state index contributed by atoms with van der Waals surface area (Å²) in [6, 6.07) is 3.79. The van der Waals surface area contributed by atoms with E-state index in [1.807, 2.05) is 0 Å². The van der Waals surface area contributed by atoms with Gasteiger partial charge in [-0.1, -0.05) is 0 Å². The van der Waals surface area contributed by atoms with E-state index in [-0.39, 0.29) is 18.2 Å². The number of nitrogen functional groups attached to an aromatic ring is 1. The van der Waals surface area contributed by atoms with Gasteiger partial charge in [0.25, 0.3) is 5.91 Å². The third kappa shape index (κ3) is 3.21. The van der Waals surface area contributed by atoms with Gasteiger partial charge in [0.15, 0.2) is 0 Å². The van der Waals surface area contributed by atoms with Crippen molar-refractivity contribution >= 4 is 11.6 Å². The Morgan fingerprint density at radius 1 is 1.53 bits per heavy atom. The quantitative estimate of drug-likeness (QED) is 0.503. The van der Waals surface area contributed by atoms with E-state index in [1.165, 1.54) is 12.1 Å². The molecule has 5 heteroatoms. The molecule has 82 valence electrons. The number of aliphatic hydroxyl groups excluding tert-OH is 1. The molecule has 0 aliphatic heterocycles. The summed E-state index contributed by atoms with van der Waals surface area (Å²) >= 11 is 0. The standard InChI is InChI=1S/C10H13FN2O2/c11-8-3-2-7(6-9(8)12)10(15)13-4-1-5-14/h2-3,6,14H,1,4-5,12H2,(H,13,15). The van der Waals surface area contributed by atoms with Gasteiger partial charge in [-0.2, -0.15) is 0 Å². The fourth-order valence-electron chi connectivity index (χ4n) is 1.07. The van der Waals surface area contributed by atoms with Crippen molar-refractivity contribution in [2.24, 2.45) is 0 Å². The highest BCUT2D eigenvalue weighted by atomic mass is 19.1. The normalized spacial score (nSPS) is 10.0. The molecule has 0 aromatic heterocycles. The van der Waals surface area contributed by atoms with Crippen LogP contribution in [0, 0.1) is 5.82 Å². The van der Waals surface area contributed by atoms with Crippen LogP contribution in [0.2, 0.25) is 0 Å². The van der Waals surface area contributed by atoms with Crippen molar-refractivity contribution in [3.8, 4) is 0 Å². The average Bonchev–Trinajstić information content (AvgIpc) is 2.22. The van der Waals surface area contributed by atoms with Crippen LogP contribution in [0.3, 0.4) is 0 Å². The molecule has 0 fully saturated rings. The number of carbonyl (C=O) groups excluding carboxylic acids is 1. The molecule has 0 radical (unpaired) electrons. The predicted octanol–water partition coefficient (Wildman–Crippen LogP) is 0.520. The summed E-state index contributed by atoms with van der Waals surface area (Å²) in [5.74, 6) is -0.864. The summed E-state index contributed by atoms with van der Waals surface area (Å²) in [5.41, 5.74) is 5.58. The highest BCUT2D eigenvalue weighted by Crippen LogP contribution is 2.11. The zero-order valence-electron chi connectivity index (χ0n) is 8.16. The molecule has 0 atom stereocenters. The maximum absolute atomic E-state index is 12.8. The lowest BCUT2D eigenvalue weighted by molar-refractivity contribution is 0.0951. The van der Waals surface area contributed by atoms with E-state index in [2.05, 4.69) is 5.32 Å². The van der Waals surface area contributed by atoms with Gasteiger partial charge in [-0.15, -0.1) is 0 Å². The fourth-order valence-corrected chi connectivity index (χ4v) is 1.07. The van der Waals surface area contributed by atoms with Crippen LogP contribution in [0.25, 0.3) is 0 Å². The van der Waals surface area contributed by atoms with Crippen LogP contribution in [-0.4, -0.2) is 24.2 Å². The molecule has 0 aliphatic rings. The van der Waals surface area contributed by atoms with Crippen LogP contribution >= 0.6 is 0 Å². The number of anilines is 1. The number of aliphatic hydroxyl groups is 1. The van der Waals surface area contributed by atoms with Crippen molar-refractivity contribution in [1.29, 1.82) is 0 Å². The van der Waals surface area contributed by atoms with Gasteiger partial charge in [0, 0.05) is 18.7 Å². The minimum Gasteiger partial charge on any atom is -0.396 e. The minimum absolute atomic E-state index is 0.0197. The number of halogens is 1. The van der Waals surface area contributed by atoms with Gasteiger partial charge in [-0.05, 0) is 24.6 Å². The van der Waals surface area contributed by atoms with Gasteiger partial charge < -0.3 is 16.2 Å². The Morgan fingerprint density at radius 3 is 2.87 bits per heavy atom. The molecule has 0 unspecified atom stereocenters. The Balaban J connectivity index is 2.62. The molecule has 0 bridgehead atoms. The Kier molecular flexibility index (Phi) is 4.05.